The second-order valence-electron chi connectivity index (χ2n) is 7.63. The smallest absolute Gasteiger partial charge is 0.222 e. The van der Waals surface area contributed by atoms with Gasteiger partial charge in [0.25, 0.3) is 0 Å². The van der Waals surface area contributed by atoms with Gasteiger partial charge in [-0.3, -0.25) is 4.79 Å². The zero-order valence-corrected chi connectivity index (χ0v) is 17.1. The molecule has 0 heterocycles. The molecule has 0 N–H and O–H groups in total. The van der Waals surface area contributed by atoms with E-state index in [0.29, 0.717) is 12.3 Å². The highest BCUT2D eigenvalue weighted by Gasteiger charge is 2.09. The molecule has 2 heteroatoms. The summed E-state index contributed by atoms with van der Waals surface area (Å²) in [5, 5.41) is 0. The molecule has 0 saturated heterocycles. The van der Waals surface area contributed by atoms with Crippen molar-refractivity contribution in [1.82, 2.24) is 4.90 Å². The van der Waals surface area contributed by atoms with Crippen LogP contribution >= 0.6 is 0 Å². The lowest BCUT2D eigenvalue weighted by molar-refractivity contribution is -0.129. The highest BCUT2D eigenvalue weighted by molar-refractivity contribution is 5.75. The van der Waals surface area contributed by atoms with E-state index >= 15 is 0 Å². The summed E-state index contributed by atoms with van der Waals surface area (Å²) in [7, 11) is 3.66. The Labute approximate surface area is 150 Å². The first kappa shape index (κ1) is 22.7. The Morgan fingerprint density at radius 1 is 0.875 bits per heavy atom. The molecule has 0 spiro atoms. The van der Waals surface area contributed by atoms with Crippen LogP contribution in [0.4, 0.5) is 0 Å². The van der Waals surface area contributed by atoms with E-state index in [2.05, 4.69) is 52.8 Å². The first-order valence-electron chi connectivity index (χ1n) is 9.37. The Kier molecular flexibility index (Phi) is 12.3. The van der Waals surface area contributed by atoms with Gasteiger partial charge in [-0.2, -0.15) is 0 Å². The van der Waals surface area contributed by atoms with Crippen LogP contribution in [-0.2, 0) is 4.79 Å². The van der Waals surface area contributed by atoms with Gasteiger partial charge in [-0.25, -0.2) is 0 Å². The fraction of sp³-hybridized carbons (Fsp3) is 0.682. The number of carbonyl (C=O) groups excluding carboxylic acids is 1. The predicted octanol–water partition coefficient (Wildman–Crippen LogP) is 6.30. The summed E-state index contributed by atoms with van der Waals surface area (Å²) < 4.78 is 0. The van der Waals surface area contributed by atoms with Crippen molar-refractivity contribution in [3.63, 3.8) is 0 Å². The van der Waals surface area contributed by atoms with Gasteiger partial charge in [0.05, 0.1) is 0 Å². The lowest BCUT2D eigenvalue weighted by atomic mass is 9.99. The van der Waals surface area contributed by atoms with Gasteiger partial charge in [-0.05, 0) is 72.1 Å². The molecule has 1 amide bonds. The standard InChI is InChI=1S/C22H39NO/c1-18(2)11-8-12-19(3)13-9-14-20(4)15-10-16-21(5)17-22(24)23(6)7/h11,13,15,21H,8-10,12,14,16-17H2,1-7H3/b19-13+,20-15+. The van der Waals surface area contributed by atoms with Crippen molar-refractivity contribution in [3.05, 3.63) is 34.9 Å². The van der Waals surface area contributed by atoms with Gasteiger partial charge in [0.1, 0.15) is 0 Å². The first-order chi connectivity index (χ1) is 11.2. The molecule has 0 fully saturated rings. The number of carbonyl (C=O) groups is 1. The minimum atomic E-state index is 0.233. The lowest BCUT2D eigenvalue weighted by Crippen LogP contribution is -2.23. The van der Waals surface area contributed by atoms with Crippen LogP contribution in [0.2, 0.25) is 0 Å². The summed E-state index contributed by atoms with van der Waals surface area (Å²) in [6, 6.07) is 0. The maximum absolute atomic E-state index is 11.7. The van der Waals surface area contributed by atoms with Crippen molar-refractivity contribution in [3.8, 4) is 0 Å². The molecule has 0 aromatic heterocycles. The minimum Gasteiger partial charge on any atom is -0.349 e. The van der Waals surface area contributed by atoms with Crippen molar-refractivity contribution in [1.29, 1.82) is 0 Å². The SMILES string of the molecule is CC(C)=CCC/C(C)=C/CC/C(C)=C/CCC(C)CC(=O)N(C)C. The molecular weight excluding hydrogens is 294 g/mol. The fourth-order valence-electron chi connectivity index (χ4n) is 2.54. The molecule has 0 aliphatic rings. The van der Waals surface area contributed by atoms with Crippen molar-refractivity contribution >= 4 is 5.91 Å². The molecule has 138 valence electrons. The maximum Gasteiger partial charge on any atom is 0.222 e. The molecule has 0 aromatic rings. The topological polar surface area (TPSA) is 20.3 Å². The van der Waals surface area contributed by atoms with Crippen LogP contribution < -0.4 is 0 Å². The maximum atomic E-state index is 11.7. The molecule has 0 aliphatic heterocycles. The monoisotopic (exact) mass is 333 g/mol. The number of allylic oxidation sites excluding steroid dienone is 6. The van der Waals surface area contributed by atoms with E-state index in [0.717, 1.165) is 32.1 Å². The highest BCUT2D eigenvalue weighted by atomic mass is 16.2. The summed E-state index contributed by atoms with van der Waals surface area (Å²) in [5.41, 5.74) is 4.37. The number of hydrogen-bond donors (Lipinski definition) is 0. The number of nitrogens with zero attached hydrogens (tertiary/aromatic N) is 1. The molecule has 0 rings (SSSR count). The first-order valence-corrected chi connectivity index (χ1v) is 9.37. The average Bonchev–Trinajstić information content (AvgIpc) is 2.46. The molecule has 2 nitrogen and oxygen atoms in total. The van der Waals surface area contributed by atoms with Gasteiger partial charge in [-0.1, -0.05) is 41.9 Å². The van der Waals surface area contributed by atoms with Gasteiger partial charge in [0, 0.05) is 20.5 Å². The van der Waals surface area contributed by atoms with E-state index in [1.807, 2.05) is 14.1 Å². The zero-order chi connectivity index (χ0) is 18.5. The van der Waals surface area contributed by atoms with Crippen LogP contribution in [-0.4, -0.2) is 24.9 Å². The molecular formula is C22H39NO. The molecule has 0 saturated carbocycles. The summed E-state index contributed by atoms with van der Waals surface area (Å²) in [5.74, 6) is 0.693. The third-order valence-corrected chi connectivity index (χ3v) is 4.30. The molecule has 0 radical (unpaired) electrons. The number of hydrogen-bond acceptors (Lipinski definition) is 1. The van der Waals surface area contributed by atoms with Crippen LogP contribution in [0.3, 0.4) is 0 Å². The predicted molar refractivity (Wildman–Crippen MR) is 107 cm³/mol. The quantitative estimate of drug-likeness (QED) is 0.406. The van der Waals surface area contributed by atoms with Gasteiger partial charge in [-0.15, -0.1) is 0 Å². The Balaban J connectivity index is 3.98. The second-order valence-corrected chi connectivity index (χ2v) is 7.63. The van der Waals surface area contributed by atoms with Gasteiger partial charge in [0.2, 0.25) is 5.91 Å². The van der Waals surface area contributed by atoms with Gasteiger partial charge >= 0.3 is 0 Å². The lowest BCUT2D eigenvalue weighted by Gasteiger charge is -2.14. The molecule has 24 heavy (non-hydrogen) atoms. The summed E-state index contributed by atoms with van der Waals surface area (Å²) >= 11 is 0. The summed E-state index contributed by atoms with van der Waals surface area (Å²) in [6.07, 6.45) is 14.5. The van der Waals surface area contributed by atoms with Crippen molar-refractivity contribution in [2.24, 2.45) is 5.92 Å². The Morgan fingerprint density at radius 3 is 1.88 bits per heavy atom. The average molecular weight is 334 g/mol. The van der Waals surface area contributed by atoms with E-state index < -0.39 is 0 Å². The van der Waals surface area contributed by atoms with Crippen LogP contribution in [0.1, 0.15) is 79.6 Å². The van der Waals surface area contributed by atoms with Crippen molar-refractivity contribution in [2.75, 3.05) is 14.1 Å². The van der Waals surface area contributed by atoms with E-state index in [-0.39, 0.29) is 5.91 Å². The van der Waals surface area contributed by atoms with Crippen LogP contribution in [0.5, 0.6) is 0 Å². The molecule has 0 bridgehead atoms. The Bertz CT molecular complexity index is 451. The summed E-state index contributed by atoms with van der Waals surface area (Å²) in [4.78, 5) is 13.4. The van der Waals surface area contributed by atoms with Gasteiger partial charge in [0.15, 0.2) is 0 Å². The molecule has 1 unspecified atom stereocenters. The fourth-order valence-corrected chi connectivity index (χ4v) is 2.54. The highest BCUT2D eigenvalue weighted by Crippen LogP contribution is 2.15. The summed E-state index contributed by atoms with van der Waals surface area (Å²) in [6.45, 7) is 10.9. The van der Waals surface area contributed by atoms with E-state index in [4.69, 9.17) is 0 Å². The third-order valence-electron chi connectivity index (χ3n) is 4.30. The third kappa shape index (κ3) is 13.2. The van der Waals surface area contributed by atoms with Gasteiger partial charge < -0.3 is 4.90 Å². The van der Waals surface area contributed by atoms with E-state index in [1.54, 1.807) is 4.90 Å². The Hall–Kier alpha value is -1.31. The molecule has 1 atom stereocenters. The van der Waals surface area contributed by atoms with Crippen LogP contribution in [0.25, 0.3) is 0 Å². The molecule has 0 aliphatic carbocycles. The minimum absolute atomic E-state index is 0.233. The van der Waals surface area contributed by atoms with Crippen LogP contribution in [0, 0.1) is 5.92 Å². The molecule has 0 aromatic carbocycles. The van der Waals surface area contributed by atoms with E-state index in [9.17, 15) is 4.79 Å². The zero-order valence-electron chi connectivity index (χ0n) is 17.1. The Morgan fingerprint density at radius 2 is 1.38 bits per heavy atom. The largest absolute Gasteiger partial charge is 0.349 e. The van der Waals surface area contributed by atoms with Crippen molar-refractivity contribution < 1.29 is 4.79 Å². The normalized spacial score (nSPS) is 13.6. The van der Waals surface area contributed by atoms with Crippen molar-refractivity contribution in [2.45, 2.75) is 79.6 Å². The van der Waals surface area contributed by atoms with E-state index in [1.165, 1.54) is 23.1 Å². The second kappa shape index (κ2) is 13.0. The van der Waals surface area contributed by atoms with Crippen LogP contribution in [0.15, 0.2) is 34.9 Å². The number of amides is 1. The number of rotatable bonds is 11.